The molecule has 1 aliphatic rings. The van der Waals surface area contributed by atoms with E-state index in [1.54, 1.807) is 0 Å². The maximum absolute atomic E-state index is 12.9. The number of aromatic nitrogens is 1. The first-order valence-corrected chi connectivity index (χ1v) is 10.8. The number of hydrogen-bond donors (Lipinski definition) is 1. The van der Waals surface area contributed by atoms with Crippen LogP contribution in [0.1, 0.15) is 44.0 Å². The van der Waals surface area contributed by atoms with Crippen molar-refractivity contribution in [2.75, 3.05) is 12.8 Å². The summed E-state index contributed by atoms with van der Waals surface area (Å²) in [4.78, 5) is 16.5. The lowest BCUT2D eigenvalue weighted by molar-refractivity contribution is 0.590. The highest BCUT2D eigenvalue weighted by Gasteiger charge is 2.26. The molecule has 2 heterocycles. The van der Waals surface area contributed by atoms with Gasteiger partial charge in [-0.3, -0.25) is 4.79 Å². The molecule has 0 saturated carbocycles. The van der Waals surface area contributed by atoms with Gasteiger partial charge >= 0.3 is 0 Å². The van der Waals surface area contributed by atoms with E-state index in [1.165, 1.54) is 13.1 Å². The Morgan fingerprint density at radius 2 is 1.92 bits per heavy atom. The molecule has 1 atom stereocenters. The van der Waals surface area contributed by atoms with E-state index in [9.17, 15) is 9.00 Å². The van der Waals surface area contributed by atoms with Crippen LogP contribution in [0.25, 0.3) is 11.3 Å². The third-order valence-corrected chi connectivity index (χ3v) is 7.76. The van der Waals surface area contributed by atoms with Crippen LogP contribution in [0.3, 0.4) is 0 Å². The smallest absolute Gasteiger partial charge is 0.199 e. The summed E-state index contributed by atoms with van der Waals surface area (Å²) in [7, 11) is -1.08. The van der Waals surface area contributed by atoms with Crippen LogP contribution in [0.15, 0.2) is 32.3 Å². The quantitative estimate of drug-likeness (QED) is 0.764. The summed E-state index contributed by atoms with van der Waals surface area (Å²) in [6, 6.07) is 5.53. The van der Waals surface area contributed by atoms with Crippen LogP contribution < -0.4 is 5.43 Å². The van der Waals surface area contributed by atoms with E-state index >= 15 is 0 Å². The van der Waals surface area contributed by atoms with Crippen molar-refractivity contribution in [2.45, 2.75) is 50.8 Å². The Morgan fingerprint density at radius 1 is 1.23 bits per heavy atom. The SMILES string of the molecule is CN=[S@]1(=O)CCCc2[nH]c(-c3cc(Cl)c(C(C)(C)C)cc3C)cc(=O)c21. The standard InChI is InChI=1S/C20H25ClN2O2S/c1-12-9-14(20(2,3)4)15(21)10-13(12)17-11-18(24)19-16(23-17)7-6-8-26(19,25)22-5/h9-11H,6-8H2,1-5H3,(H,23,24)/t26-/m0/s1. The number of aromatic amines is 1. The lowest BCUT2D eigenvalue weighted by Gasteiger charge is -2.23. The molecule has 3 rings (SSSR count). The van der Waals surface area contributed by atoms with Gasteiger partial charge in [0.1, 0.15) is 4.90 Å². The first-order valence-electron chi connectivity index (χ1n) is 8.77. The normalized spacial score (nSPS) is 19.9. The van der Waals surface area contributed by atoms with Crippen LogP contribution in [0.5, 0.6) is 0 Å². The molecule has 0 aliphatic carbocycles. The fourth-order valence-electron chi connectivity index (χ4n) is 3.55. The van der Waals surface area contributed by atoms with Gasteiger partial charge in [0.15, 0.2) is 5.43 Å². The number of pyridine rings is 1. The van der Waals surface area contributed by atoms with E-state index in [-0.39, 0.29) is 10.8 Å². The molecule has 0 unspecified atom stereocenters. The minimum absolute atomic E-state index is 0.0578. The van der Waals surface area contributed by atoms with Crippen molar-refractivity contribution < 1.29 is 4.21 Å². The molecule has 0 amide bonds. The molecule has 0 radical (unpaired) electrons. The molecular weight excluding hydrogens is 368 g/mol. The maximum atomic E-state index is 12.9. The van der Waals surface area contributed by atoms with Crippen molar-refractivity contribution in [3.05, 3.63) is 50.3 Å². The van der Waals surface area contributed by atoms with Crippen LogP contribution in [-0.4, -0.2) is 22.0 Å². The lowest BCUT2D eigenvalue weighted by Crippen LogP contribution is -2.25. The second-order valence-corrected chi connectivity index (χ2v) is 10.8. The van der Waals surface area contributed by atoms with Gasteiger partial charge in [0, 0.05) is 40.8 Å². The van der Waals surface area contributed by atoms with Crippen molar-refractivity contribution in [1.82, 2.24) is 4.98 Å². The van der Waals surface area contributed by atoms with Gasteiger partial charge < -0.3 is 4.98 Å². The molecule has 140 valence electrons. The third kappa shape index (κ3) is 3.23. The Hall–Kier alpha value is -1.59. The van der Waals surface area contributed by atoms with E-state index in [1.807, 2.05) is 13.0 Å². The number of nitrogens with zero attached hydrogens (tertiary/aromatic N) is 1. The molecule has 4 nitrogen and oxygen atoms in total. The van der Waals surface area contributed by atoms with E-state index in [4.69, 9.17) is 11.6 Å². The highest BCUT2D eigenvalue weighted by atomic mass is 35.5. The summed E-state index contributed by atoms with van der Waals surface area (Å²) in [5, 5.41) is 0.684. The molecule has 1 aromatic carbocycles. The van der Waals surface area contributed by atoms with Gasteiger partial charge in [-0.05, 0) is 42.4 Å². The molecule has 2 aromatic rings. The number of hydrogen-bond acceptors (Lipinski definition) is 3. The van der Waals surface area contributed by atoms with Crippen LogP contribution >= 0.6 is 11.6 Å². The summed E-state index contributed by atoms with van der Waals surface area (Å²) in [5.74, 6) is 0.448. The van der Waals surface area contributed by atoms with E-state index in [2.05, 4.69) is 36.2 Å². The zero-order chi connectivity index (χ0) is 19.3. The lowest BCUT2D eigenvalue weighted by atomic mass is 9.85. The summed E-state index contributed by atoms with van der Waals surface area (Å²) in [6.07, 6.45) is 1.46. The van der Waals surface area contributed by atoms with E-state index in [0.717, 1.165) is 28.8 Å². The Labute approximate surface area is 160 Å². The number of benzene rings is 1. The first kappa shape index (κ1) is 19.2. The summed E-state index contributed by atoms with van der Waals surface area (Å²) < 4.78 is 17.0. The molecule has 1 N–H and O–H groups in total. The molecule has 6 heteroatoms. The number of rotatable bonds is 1. The summed E-state index contributed by atoms with van der Waals surface area (Å²) in [6.45, 7) is 8.39. The van der Waals surface area contributed by atoms with Crippen molar-refractivity contribution in [2.24, 2.45) is 4.36 Å². The van der Waals surface area contributed by atoms with Gasteiger partial charge in [-0.25, -0.2) is 8.57 Å². The van der Waals surface area contributed by atoms with Crippen LogP contribution in [-0.2, 0) is 21.6 Å². The van der Waals surface area contributed by atoms with Crippen molar-refractivity contribution in [3.63, 3.8) is 0 Å². The van der Waals surface area contributed by atoms with Crippen LogP contribution in [0.2, 0.25) is 5.02 Å². The zero-order valence-corrected chi connectivity index (χ0v) is 17.5. The average Bonchev–Trinajstić information content (AvgIpc) is 2.55. The molecule has 1 aliphatic heterocycles. The summed E-state index contributed by atoms with van der Waals surface area (Å²) in [5.41, 5.74) is 4.21. The third-order valence-electron chi connectivity index (χ3n) is 4.93. The molecule has 0 bridgehead atoms. The minimum atomic E-state index is -2.61. The Balaban J connectivity index is 2.22. The fourth-order valence-corrected chi connectivity index (χ4v) is 6.01. The van der Waals surface area contributed by atoms with Gasteiger partial charge in [-0.2, -0.15) is 0 Å². The highest BCUT2D eigenvalue weighted by molar-refractivity contribution is 7.93. The predicted molar refractivity (Wildman–Crippen MR) is 109 cm³/mol. The molecule has 0 spiro atoms. The molecule has 0 fully saturated rings. The van der Waals surface area contributed by atoms with E-state index in [0.29, 0.717) is 27.8 Å². The highest BCUT2D eigenvalue weighted by Crippen LogP contribution is 2.35. The average molecular weight is 393 g/mol. The van der Waals surface area contributed by atoms with Gasteiger partial charge in [-0.15, -0.1) is 0 Å². The van der Waals surface area contributed by atoms with Gasteiger partial charge in [0.05, 0.1) is 9.73 Å². The largest absolute Gasteiger partial charge is 0.357 e. The second kappa shape index (κ2) is 6.54. The van der Waals surface area contributed by atoms with Gasteiger partial charge in [0.25, 0.3) is 0 Å². The van der Waals surface area contributed by atoms with Crippen molar-refractivity contribution in [3.8, 4) is 11.3 Å². The second-order valence-electron chi connectivity index (χ2n) is 7.88. The first-order chi connectivity index (χ1) is 12.1. The Kier molecular flexibility index (Phi) is 4.82. The minimum Gasteiger partial charge on any atom is -0.357 e. The van der Waals surface area contributed by atoms with Gasteiger partial charge in [-0.1, -0.05) is 38.4 Å². The fraction of sp³-hybridized carbons (Fsp3) is 0.450. The number of H-pyrrole nitrogens is 1. The molecule has 26 heavy (non-hydrogen) atoms. The van der Waals surface area contributed by atoms with Crippen molar-refractivity contribution >= 4 is 21.3 Å². The number of fused-ring (bicyclic) bond motifs is 1. The Morgan fingerprint density at radius 3 is 2.54 bits per heavy atom. The monoisotopic (exact) mass is 392 g/mol. The van der Waals surface area contributed by atoms with Crippen LogP contribution in [0.4, 0.5) is 0 Å². The zero-order valence-electron chi connectivity index (χ0n) is 15.9. The number of halogens is 1. The topological polar surface area (TPSA) is 62.3 Å². The molecule has 0 saturated heterocycles. The number of nitrogens with one attached hydrogen (secondary N) is 1. The predicted octanol–water partition coefficient (Wildman–Crippen LogP) is 4.70. The number of aryl methyl sites for hydroxylation is 2. The molecular formula is C20H25ClN2O2S. The van der Waals surface area contributed by atoms with E-state index < -0.39 is 9.73 Å². The maximum Gasteiger partial charge on any atom is 0.199 e. The van der Waals surface area contributed by atoms with Crippen molar-refractivity contribution in [1.29, 1.82) is 0 Å². The molecule has 1 aromatic heterocycles. The Bertz CT molecular complexity index is 1050. The van der Waals surface area contributed by atoms with Gasteiger partial charge in [0.2, 0.25) is 0 Å². The summed E-state index contributed by atoms with van der Waals surface area (Å²) >= 11 is 6.53. The van der Waals surface area contributed by atoms with Crippen LogP contribution in [0, 0.1) is 6.92 Å².